The van der Waals surface area contributed by atoms with Gasteiger partial charge in [0.05, 0.1) is 10.2 Å². The van der Waals surface area contributed by atoms with Gasteiger partial charge in [0.1, 0.15) is 0 Å². The quantitative estimate of drug-likeness (QED) is 0.940. The first-order chi connectivity index (χ1) is 9.09. The second kappa shape index (κ2) is 6.06. The van der Waals surface area contributed by atoms with Crippen molar-refractivity contribution in [2.45, 2.75) is 26.3 Å². The number of pyridine rings is 1. The Kier molecular flexibility index (Phi) is 4.43. The third kappa shape index (κ3) is 3.26. The highest BCUT2D eigenvalue weighted by Gasteiger charge is 2.07. The average molecular weight is 321 g/mol. The number of aromatic nitrogens is 1. The standard InChI is InChI=1S/C15H17BrN2O/c1-11-13(17)10-18(15(19)14(11)16)9-5-8-12-6-3-2-4-7-12/h2-4,6-7,10H,5,8-9,17H2,1H3. The lowest BCUT2D eigenvalue weighted by molar-refractivity contribution is 0.620. The summed E-state index contributed by atoms with van der Waals surface area (Å²) < 4.78 is 2.24. The Morgan fingerprint density at radius 3 is 2.63 bits per heavy atom. The number of hydrogen-bond donors (Lipinski definition) is 1. The van der Waals surface area contributed by atoms with Gasteiger partial charge < -0.3 is 10.3 Å². The molecule has 0 aliphatic heterocycles. The molecule has 0 radical (unpaired) electrons. The van der Waals surface area contributed by atoms with Crippen LogP contribution in [0.15, 0.2) is 45.8 Å². The van der Waals surface area contributed by atoms with Gasteiger partial charge in [0, 0.05) is 12.7 Å². The molecular weight excluding hydrogens is 304 g/mol. The first-order valence-electron chi connectivity index (χ1n) is 6.28. The number of nitrogens with zero attached hydrogens (tertiary/aromatic N) is 1. The highest BCUT2D eigenvalue weighted by atomic mass is 79.9. The van der Waals surface area contributed by atoms with Crippen molar-refractivity contribution >= 4 is 21.6 Å². The van der Waals surface area contributed by atoms with E-state index in [2.05, 4.69) is 28.1 Å². The van der Waals surface area contributed by atoms with Gasteiger partial charge in [-0.05, 0) is 46.8 Å². The molecule has 100 valence electrons. The third-order valence-corrected chi connectivity index (χ3v) is 4.15. The number of halogens is 1. The first-order valence-corrected chi connectivity index (χ1v) is 7.08. The number of hydrogen-bond acceptors (Lipinski definition) is 2. The molecule has 1 heterocycles. The summed E-state index contributed by atoms with van der Waals surface area (Å²) in [6, 6.07) is 10.3. The van der Waals surface area contributed by atoms with Gasteiger partial charge in [-0.2, -0.15) is 0 Å². The summed E-state index contributed by atoms with van der Waals surface area (Å²) in [7, 11) is 0. The van der Waals surface area contributed by atoms with Gasteiger partial charge in [-0.15, -0.1) is 0 Å². The third-order valence-electron chi connectivity index (χ3n) is 3.21. The molecule has 1 aromatic heterocycles. The number of nitrogens with two attached hydrogens (primary N) is 1. The Hall–Kier alpha value is -1.55. The molecule has 0 spiro atoms. The van der Waals surface area contributed by atoms with Crippen molar-refractivity contribution in [3.8, 4) is 0 Å². The van der Waals surface area contributed by atoms with E-state index in [9.17, 15) is 4.79 Å². The number of aryl methyl sites for hydroxylation is 2. The van der Waals surface area contributed by atoms with Crippen LogP contribution in [-0.2, 0) is 13.0 Å². The molecule has 0 saturated carbocycles. The van der Waals surface area contributed by atoms with E-state index in [-0.39, 0.29) is 5.56 Å². The maximum atomic E-state index is 12.0. The smallest absolute Gasteiger partial charge is 0.265 e. The molecule has 2 N–H and O–H groups in total. The lowest BCUT2D eigenvalue weighted by Crippen LogP contribution is -2.22. The van der Waals surface area contributed by atoms with Gasteiger partial charge in [0.15, 0.2) is 0 Å². The Morgan fingerprint density at radius 2 is 1.95 bits per heavy atom. The highest BCUT2D eigenvalue weighted by molar-refractivity contribution is 9.10. The number of benzene rings is 1. The molecule has 1 aromatic carbocycles. The Balaban J connectivity index is 2.07. The van der Waals surface area contributed by atoms with Gasteiger partial charge in [0.25, 0.3) is 5.56 Å². The Morgan fingerprint density at radius 1 is 1.26 bits per heavy atom. The molecule has 19 heavy (non-hydrogen) atoms. The molecule has 2 aromatic rings. The molecule has 0 aliphatic carbocycles. The normalized spacial score (nSPS) is 10.6. The lowest BCUT2D eigenvalue weighted by Gasteiger charge is -2.10. The van der Waals surface area contributed by atoms with Gasteiger partial charge in [-0.1, -0.05) is 30.3 Å². The lowest BCUT2D eigenvalue weighted by atomic mass is 10.1. The highest BCUT2D eigenvalue weighted by Crippen LogP contribution is 2.17. The van der Waals surface area contributed by atoms with Gasteiger partial charge in [0.2, 0.25) is 0 Å². The largest absolute Gasteiger partial charge is 0.397 e. The summed E-state index contributed by atoms with van der Waals surface area (Å²) in [5, 5.41) is 0. The van der Waals surface area contributed by atoms with Crippen LogP contribution in [0.25, 0.3) is 0 Å². The molecule has 0 aliphatic rings. The number of nitrogen functional groups attached to an aromatic ring is 1. The fourth-order valence-electron chi connectivity index (χ4n) is 2.00. The Labute approximate surface area is 121 Å². The second-order valence-electron chi connectivity index (χ2n) is 4.61. The van der Waals surface area contributed by atoms with Crippen LogP contribution in [0.2, 0.25) is 0 Å². The van der Waals surface area contributed by atoms with E-state index in [1.807, 2.05) is 25.1 Å². The van der Waals surface area contributed by atoms with Crippen LogP contribution in [0.5, 0.6) is 0 Å². The minimum absolute atomic E-state index is 0.0141. The van der Waals surface area contributed by atoms with Crippen LogP contribution in [0.4, 0.5) is 5.69 Å². The van der Waals surface area contributed by atoms with Crippen LogP contribution >= 0.6 is 15.9 Å². The molecule has 0 bridgehead atoms. The summed E-state index contributed by atoms with van der Waals surface area (Å²) in [6.45, 7) is 2.52. The van der Waals surface area contributed by atoms with E-state index in [0.29, 0.717) is 16.7 Å². The fourth-order valence-corrected chi connectivity index (χ4v) is 2.46. The van der Waals surface area contributed by atoms with E-state index in [4.69, 9.17) is 5.73 Å². The van der Waals surface area contributed by atoms with E-state index < -0.39 is 0 Å². The summed E-state index contributed by atoms with van der Waals surface area (Å²) in [5.41, 5.74) is 8.61. The van der Waals surface area contributed by atoms with E-state index in [1.54, 1.807) is 10.8 Å². The van der Waals surface area contributed by atoms with Crippen LogP contribution in [0, 0.1) is 6.92 Å². The van der Waals surface area contributed by atoms with Gasteiger partial charge in [-0.3, -0.25) is 4.79 Å². The van der Waals surface area contributed by atoms with Crippen LogP contribution < -0.4 is 11.3 Å². The molecule has 3 nitrogen and oxygen atoms in total. The maximum absolute atomic E-state index is 12.0. The van der Waals surface area contributed by atoms with E-state index in [0.717, 1.165) is 18.4 Å². The van der Waals surface area contributed by atoms with Crippen molar-refractivity contribution < 1.29 is 0 Å². The fraction of sp³-hybridized carbons (Fsp3) is 0.267. The zero-order valence-corrected chi connectivity index (χ0v) is 12.5. The molecule has 4 heteroatoms. The monoisotopic (exact) mass is 320 g/mol. The molecule has 2 rings (SSSR count). The minimum atomic E-state index is -0.0141. The van der Waals surface area contributed by atoms with E-state index >= 15 is 0 Å². The van der Waals surface area contributed by atoms with E-state index in [1.165, 1.54) is 5.56 Å². The SMILES string of the molecule is Cc1c(N)cn(CCCc2ccccc2)c(=O)c1Br. The number of rotatable bonds is 4. The van der Waals surface area contributed by atoms with Gasteiger partial charge >= 0.3 is 0 Å². The number of anilines is 1. The van der Waals surface area contributed by atoms with Crippen LogP contribution in [-0.4, -0.2) is 4.57 Å². The van der Waals surface area contributed by atoms with Crippen molar-refractivity contribution in [2.75, 3.05) is 5.73 Å². The predicted octanol–water partition coefficient (Wildman–Crippen LogP) is 3.13. The summed E-state index contributed by atoms with van der Waals surface area (Å²) in [5.74, 6) is 0. The summed E-state index contributed by atoms with van der Waals surface area (Å²) >= 11 is 3.30. The average Bonchev–Trinajstić information content (AvgIpc) is 2.43. The first kappa shape index (κ1) is 13.9. The molecule has 0 atom stereocenters. The Bertz CT molecular complexity index is 620. The summed E-state index contributed by atoms with van der Waals surface area (Å²) in [6.07, 6.45) is 3.60. The molecule has 0 saturated heterocycles. The molecule has 0 amide bonds. The van der Waals surface area contributed by atoms with Crippen molar-refractivity contribution in [2.24, 2.45) is 0 Å². The molecular formula is C15H17BrN2O. The topological polar surface area (TPSA) is 48.0 Å². The zero-order chi connectivity index (χ0) is 13.8. The second-order valence-corrected chi connectivity index (χ2v) is 5.40. The van der Waals surface area contributed by atoms with Gasteiger partial charge in [-0.25, -0.2) is 0 Å². The maximum Gasteiger partial charge on any atom is 0.265 e. The predicted molar refractivity (Wildman–Crippen MR) is 82.3 cm³/mol. The minimum Gasteiger partial charge on any atom is -0.397 e. The molecule has 0 fully saturated rings. The van der Waals surface area contributed by atoms with Crippen molar-refractivity contribution in [1.29, 1.82) is 0 Å². The molecule has 0 unspecified atom stereocenters. The van der Waals surface area contributed by atoms with Crippen molar-refractivity contribution in [3.63, 3.8) is 0 Å². The van der Waals surface area contributed by atoms with Crippen molar-refractivity contribution in [3.05, 3.63) is 62.5 Å². The van der Waals surface area contributed by atoms with Crippen LogP contribution in [0.1, 0.15) is 17.5 Å². The van der Waals surface area contributed by atoms with Crippen molar-refractivity contribution in [1.82, 2.24) is 4.57 Å². The summed E-state index contributed by atoms with van der Waals surface area (Å²) in [4.78, 5) is 12.0. The van der Waals surface area contributed by atoms with Crippen LogP contribution in [0.3, 0.4) is 0 Å². The zero-order valence-electron chi connectivity index (χ0n) is 10.9.